The smallest absolute Gasteiger partial charge is 0.245 e. The third-order valence-electron chi connectivity index (χ3n) is 6.23. The molecule has 2 aromatic heterocycles. The molecule has 7 nitrogen and oxygen atoms in total. The zero-order chi connectivity index (χ0) is 23.2. The van der Waals surface area contributed by atoms with Gasteiger partial charge in [0.1, 0.15) is 6.04 Å². The maximum absolute atomic E-state index is 13.4. The van der Waals surface area contributed by atoms with Crippen LogP contribution in [0.5, 0.6) is 0 Å². The van der Waals surface area contributed by atoms with E-state index in [4.69, 9.17) is 0 Å². The molecule has 0 radical (unpaired) electrons. The molecule has 1 saturated heterocycles. The molecule has 2 amide bonds. The Hall–Kier alpha value is -3.48. The van der Waals surface area contributed by atoms with E-state index in [1.807, 2.05) is 46.8 Å². The summed E-state index contributed by atoms with van der Waals surface area (Å²) in [6.45, 7) is 6.45. The van der Waals surface area contributed by atoms with Crippen molar-refractivity contribution in [2.24, 2.45) is 0 Å². The summed E-state index contributed by atoms with van der Waals surface area (Å²) in [6.07, 6.45) is 7.03. The molecule has 1 aliphatic rings. The fraction of sp³-hybridized carbons (Fsp3) is 0.385. The van der Waals surface area contributed by atoms with Gasteiger partial charge in [0.25, 0.3) is 0 Å². The van der Waals surface area contributed by atoms with Gasteiger partial charge in [-0.25, -0.2) is 0 Å². The molecule has 0 aliphatic carbocycles. The van der Waals surface area contributed by atoms with Crippen molar-refractivity contribution in [3.05, 3.63) is 72.3 Å². The first kappa shape index (κ1) is 22.7. The molecule has 172 valence electrons. The molecule has 7 heteroatoms. The molecule has 1 atom stereocenters. The van der Waals surface area contributed by atoms with Gasteiger partial charge < -0.3 is 9.80 Å². The van der Waals surface area contributed by atoms with E-state index in [9.17, 15) is 9.59 Å². The molecule has 3 aromatic rings. The molecule has 3 heterocycles. The topological polar surface area (TPSA) is 71.3 Å². The average Bonchev–Trinajstić information content (AvgIpc) is 3.25. The minimum atomic E-state index is -0.482. The lowest BCUT2D eigenvalue weighted by Gasteiger charge is -2.41. The van der Waals surface area contributed by atoms with Crippen molar-refractivity contribution in [1.29, 1.82) is 0 Å². The van der Waals surface area contributed by atoms with Gasteiger partial charge in [0.15, 0.2) is 0 Å². The standard InChI is InChI=1S/C26H31N5O2/c1-3-14-29-16-17-30(25(32)10-15-31-20(2)7-13-28-31)24(26(29)33)19-21-5-4-6-23(18-21)22-8-11-27-12-9-22/h4-9,11-13,18,24H,3,10,14-17,19H2,1-2H3/t24-/m1/s1. The largest absolute Gasteiger partial charge is 0.339 e. The number of pyridine rings is 1. The summed E-state index contributed by atoms with van der Waals surface area (Å²) in [5.74, 6) is 0.0470. The summed E-state index contributed by atoms with van der Waals surface area (Å²) >= 11 is 0. The Kier molecular flexibility index (Phi) is 7.17. The number of aromatic nitrogens is 3. The SMILES string of the molecule is CCCN1CCN(C(=O)CCn2nccc2C)[C@H](Cc2cccc(-c3ccncc3)c2)C1=O. The van der Waals surface area contributed by atoms with Gasteiger partial charge in [0.2, 0.25) is 11.8 Å². The van der Waals surface area contributed by atoms with Crippen LogP contribution in [-0.4, -0.2) is 62.1 Å². The van der Waals surface area contributed by atoms with Crippen molar-refractivity contribution in [2.75, 3.05) is 19.6 Å². The summed E-state index contributed by atoms with van der Waals surface area (Å²) in [4.78, 5) is 34.4. The molecule has 0 unspecified atom stereocenters. The molecule has 0 bridgehead atoms. The van der Waals surface area contributed by atoms with Gasteiger partial charge in [-0.1, -0.05) is 31.2 Å². The van der Waals surface area contributed by atoms with Gasteiger partial charge in [0, 0.05) is 63.3 Å². The van der Waals surface area contributed by atoms with Crippen LogP contribution < -0.4 is 0 Å². The van der Waals surface area contributed by atoms with E-state index in [2.05, 4.69) is 29.1 Å². The zero-order valence-corrected chi connectivity index (χ0v) is 19.4. The predicted octanol–water partition coefficient (Wildman–Crippen LogP) is 3.34. The monoisotopic (exact) mass is 445 g/mol. The highest BCUT2D eigenvalue weighted by atomic mass is 16.2. The Balaban J connectivity index is 1.54. The number of rotatable bonds is 8. The van der Waals surface area contributed by atoms with Crippen LogP contribution in [0.3, 0.4) is 0 Å². The van der Waals surface area contributed by atoms with Gasteiger partial charge in [-0.3, -0.25) is 19.3 Å². The molecular formula is C26H31N5O2. The van der Waals surface area contributed by atoms with E-state index < -0.39 is 6.04 Å². The lowest BCUT2D eigenvalue weighted by atomic mass is 9.97. The van der Waals surface area contributed by atoms with Crippen LogP contribution in [0.2, 0.25) is 0 Å². The van der Waals surface area contributed by atoms with Gasteiger partial charge in [-0.15, -0.1) is 0 Å². The Bertz CT molecular complexity index is 1090. The van der Waals surface area contributed by atoms with Crippen LogP contribution in [0.1, 0.15) is 31.0 Å². The second-order valence-electron chi connectivity index (χ2n) is 8.51. The van der Waals surface area contributed by atoms with Crippen molar-refractivity contribution in [1.82, 2.24) is 24.6 Å². The number of carbonyl (C=O) groups is 2. The average molecular weight is 446 g/mol. The van der Waals surface area contributed by atoms with Crippen molar-refractivity contribution in [3.63, 3.8) is 0 Å². The second-order valence-corrected chi connectivity index (χ2v) is 8.51. The lowest BCUT2D eigenvalue weighted by Crippen LogP contribution is -2.59. The van der Waals surface area contributed by atoms with Crippen molar-refractivity contribution < 1.29 is 9.59 Å². The summed E-state index contributed by atoms with van der Waals surface area (Å²) < 4.78 is 1.83. The van der Waals surface area contributed by atoms with E-state index in [1.165, 1.54) is 0 Å². The van der Waals surface area contributed by atoms with E-state index in [0.29, 0.717) is 32.5 Å². The first-order valence-corrected chi connectivity index (χ1v) is 11.6. The first-order chi connectivity index (χ1) is 16.1. The van der Waals surface area contributed by atoms with Gasteiger partial charge in [-0.05, 0) is 48.2 Å². The number of aryl methyl sites for hydroxylation is 2. The Morgan fingerprint density at radius 2 is 1.85 bits per heavy atom. The summed E-state index contributed by atoms with van der Waals surface area (Å²) in [6, 6.07) is 13.6. The van der Waals surface area contributed by atoms with Gasteiger partial charge in [0.05, 0.1) is 0 Å². The molecule has 4 rings (SSSR count). The molecular weight excluding hydrogens is 414 g/mol. The van der Waals surface area contributed by atoms with Crippen LogP contribution in [0, 0.1) is 6.92 Å². The van der Waals surface area contributed by atoms with E-state index in [1.54, 1.807) is 23.5 Å². The van der Waals surface area contributed by atoms with Crippen molar-refractivity contribution in [3.8, 4) is 11.1 Å². The fourth-order valence-electron chi connectivity index (χ4n) is 4.45. The Morgan fingerprint density at radius 3 is 2.58 bits per heavy atom. The maximum atomic E-state index is 13.4. The molecule has 0 N–H and O–H groups in total. The Morgan fingerprint density at radius 1 is 1.03 bits per heavy atom. The van der Waals surface area contributed by atoms with Crippen LogP contribution in [0.15, 0.2) is 61.1 Å². The summed E-state index contributed by atoms with van der Waals surface area (Å²) in [5.41, 5.74) is 4.23. The normalized spacial score (nSPS) is 16.3. The molecule has 33 heavy (non-hydrogen) atoms. The molecule has 1 fully saturated rings. The minimum Gasteiger partial charge on any atom is -0.339 e. The van der Waals surface area contributed by atoms with E-state index >= 15 is 0 Å². The minimum absolute atomic E-state index is 0.00434. The van der Waals surface area contributed by atoms with Crippen molar-refractivity contribution in [2.45, 2.75) is 45.7 Å². The van der Waals surface area contributed by atoms with Gasteiger partial charge in [-0.2, -0.15) is 5.10 Å². The van der Waals surface area contributed by atoms with Crippen LogP contribution in [0.4, 0.5) is 0 Å². The first-order valence-electron chi connectivity index (χ1n) is 11.6. The molecule has 0 saturated carbocycles. The quantitative estimate of drug-likeness (QED) is 0.533. The number of benzene rings is 1. The number of piperazine rings is 1. The number of amides is 2. The number of hydrogen-bond acceptors (Lipinski definition) is 4. The highest BCUT2D eigenvalue weighted by molar-refractivity contribution is 5.89. The summed E-state index contributed by atoms with van der Waals surface area (Å²) in [7, 11) is 0. The second kappa shape index (κ2) is 10.4. The maximum Gasteiger partial charge on any atom is 0.245 e. The zero-order valence-electron chi connectivity index (χ0n) is 19.4. The Labute approximate surface area is 195 Å². The molecule has 1 aliphatic heterocycles. The van der Waals surface area contributed by atoms with Crippen LogP contribution in [-0.2, 0) is 22.6 Å². The molecule has 0 spiro atoms. The van der Waals surface area contributed by atoms with E-state index in [0.717, 1.165) is 35.3 Å². The highest BCUT2D eigenvalue weighted by Crippen LogP contribution is 2.23. The van der Waals surface area contributed by atoms with Gasteiger partial charge >= 0.3 is 0 Å². The number of carbonyl (C=O) groups excluding carboxylic acids is 2. The van der Waals surface area contributed by atoms with Crippen LogP contribution >= 0.6 is 0 Å². The number of nitrogens with zero attached hydrogens (tertiary/aromatic N) is 5. The van der Waals surface area contributed by atoms with E-state index in [-0.39, 0.29) is 11.8 Å². The lowest BCUT2D eigenvalue weighted by molar-refractivity contribution is -0.151. The van der Waals surface area contributed by atoms with Crippen LogP contribution in [0.25, 0.3) is 11.1 Å². The number of hydrogen-bond donors (Lipinski definition) is 0. The molecule has 1 aromatic carbocycles. The third-order valence-corrected chi connectivity index (χ3v) is 6.23. The van der Waals surface area contributed by atoms with Crippen molar-refractivity contribution >= 4 is 11.8 Å². The predicted molar refractivity (Wildman–Crippen MR) is 127 cm³/mol. The highest BCUT2D eigenvalue weighted by Gasteiger charge is 2.36. The fourth-order valence-corrected chi connectivity index (χ4v) is 4.45. The summed E-state index contributed by atoms with van der Waals surface area (Å²) in [5, 5.41) is 4.28. The third kappa shape index (κ3) is 5.30.